The van der Waals surface area contributed by atoms with Crippen LogP contribution in [0.1, 0.15) is 43.8 Å². The highest BCUT2D eigenvalue weighted by molar-refractivity contribution is 5.43. The molecular formula is C15H20O3. The second kappa shape index (κ2) is 4.81. The van der Waals surface area contributed by atoms with E-state index in [1.165, 1.54) is 25.7 Å². The van der Waals surface area contributed by atoms with Gasteiger partial charge in [-0.2, -0.15) is 0 Å². The summed E-state index contributed by atoms with van der Waals surface area (Å²) in [6.07, 6.45) is 5.56. The standard InChI is InChI=1S/C15H20O3/c1-17-11-6-7-14-12(8-11)13(16)9-15(18-14)10-4-2-3-5-10/h6-8,10,13,15-16H,2-5,9H2,1H3. The number of aliphatic hydroxyl groups excluding tert-OH is 1. The van der Waals surface area contributed by atoms with E-state index in [2.05, 4.69) is 0 Å². The van der Waals surface area contributed by atoms with Gasteiger partial charge in [-0.05, 0) is 37.0 Å². The Kier molecular flexibility index (Phi) is 3.16. The quantitative estimate of drug-likeness (QED) is 0.874. The van der Waals surface area contributed by atoms with Crippen LogP contribution in [0.3, 0.4) is 0 Å². The number of fused-ring (bicyclic) bond motifs is 1. The maximum atomic E-state index is 10.3. The van der Waals surface area contributed by atoms with E-state index >= 15 is 0 Å². The number of ether oxygens (including phenoxy) is 2. The van der Waals surface area contributed by atoms with Crippen LogP contribution < -0.4 is 9.47 Å². The van der Waals surface area contributed by atoms with Crippen molar-refractivity contribution in [1.82, 2.24) is 0 Å². The molecule has 98 valence electrons. The Bertz CT molecular complexity index is 424. The number of rotatable bonds is 2. The second-order valence-electron chi connectivity index (χ2n) is 5.36. The molecule has 0 aromatic heterocycles. The zero-order valence-electron chi connectivity index (χ0n) is 10.8. The molecule has 3 nitrogen and oxygen atoms in total. The SMILES string of the molecule is COc1ccc2c(c1)C(O)CC(C1CCCC1)O2. The minimum Gasteiger partial charge on any atom is -0.497 e. The molecule has 1 aromatic carbocycles. The van der Waals surface area contributed by atoms with Crippen molar-refractivity contribution >= 4 is 0 Å². The molecule has 0 saturated heterocycles. The fourth-order valence-electron chi connectivity index (χ4n) is 3.20. The summed E-state index contributed by atoms with van der Waals surface area (Å²) in [5.41, 5.74) is 0.864. The first-order chi connectivity index (χ1) is 8.78. The Labute approximate surface area is 108 Å². The summed E-state index contributed by atoms with van der Waals surface area (Å²) < 4.78 is 11.3. The highest BCUT2D eigenvalue weighted by Gasteiger charge is 2.34. The van der Waals surface area contributed by atoms with Crippen LogP contribution in [0.4, 0.5) is 0 Å². The molecule has 2 aliphatic rings. The molecule has 1 fully saturated rings. The van der Waals surface area contributed by atoms with Gasteiger partial charge in [0.05, 0.1) is 13.2 Å². The van der Waals surface area contributed by atoms with Crippen LogP contribution >= 0.6 is 0 Å². The summed E-state index contributed by atoms with van der Waals surface area (Å²) in [4.78, 5) is 0. The van der Waals surface area contributed by atoms with Crippen molar-refractivity contribution in [2.75, 3.05) is 7.11 Å². The number of aliphatic hydroxyl groups is 1. The van der Waals surface area contributed by atoms with Gasteiger partial charge in [-0.1, -0.05) is 12.8 Å². The average Bonchev–Trinajstić information content (AvgIpc) is 2.92. The molecular weight excluding hydrogens is 228 g/mol. The Balaban J connectivity index is 1.83. The van der Waals surface area contributed by atoms with Gasteiger partial charge in [0.1, 0.15) is 17.6 Å². The lowest BCUT2D eigenvalue weighted by molar-refractivity contribution is 0.0354. The highest BCUT2D eigenvalue weighted by Crippen LogP contribution is 2.42. The molecule has 0 amide bonds. The molecule has 3 rings (SSSR count). The molecule has 18 heavy (non-hydrogen) atoms. The van der Waals surface area contributed by atoms with Crippen molar-refractivity contribution in [3.05, 3.63) is 23.8 Å². The van der Waals surface area contributed by atoms with Crippen molar-refractivity contribution in [2.45, 2.75) is 44.3 Å². The first-order valence-corrected chi connectivity index (χ1v) is 6.80. The monoisotopic (exact) mass is 248 g/mol. The Morgan fingerprint density at radius 3 is 2.78 bits per heavy atom. The van der Waals surface area contributed by atoms with Crippen LogP contribution in [0.2, 0.25) is 0 Å². The third kappa shape index (κ3) is 2.07. The number of methoxy groups -OCH3 is 1. The first-order valence-electron chi connectivity index (χ1n) is 6.80. The minimum absolute atomic E-state index is 0.184. The predicted octanol–water partition coefficient (Wildman–Crippen LogP) is 3.07. The van der Waals surface area contributed by atoms with Gasteiger partial charge in [0.25, 0.3) is 0 Å². The predicted molar refractivity (Wildman–Crippen MR) is 68.9 cm³/mol. The van der Waals surface area contributed by atoms with Crippen LogP contribution in [-0.4, -0.2) is 18.3 Å². The molecule has 0 spiro atoms. The summed E-state index contributed by atoms with van der Waals surface area (Å²) in [6, 6.07) is 5.69. The lowest BCUT2D eigenvalue weighted by atomic mass is 9.90. The Morgan fingerprint density at radius 2 is 2.06 bits per heavy atom. The summed E-state index contributed by atoms with van der Waals surface area (Å²) in [7, 11) is 1.64. The summed E-state index contributed by atoms with van der Waals surface area (Å²) in [6.45, 7) is 0. The molecule has 1 aliphatic carbocycles. The van der Waals surface area contributed by atoms with Gasteiger partial charge in [0, 0.05) is 12.0 Å². The smallest absolute Gasteiger partial charge is 0.125 e. The summed E-state index contributed by atoms with van der Waals surface area (Å²) in [5, 5.41) is 10.3. The molecule has 1 saturated carbocycles. The third-order valence-corrected chi connectivity index (χ3v) is 4.24. The van der Waals surface area contributed by atoms with E-state index in [1.807, 2.05) is 18.2 Å². The van der Waals surface area contributed by atoms with Crippen LogP contribution in [0.15, 0.2) is 18.2 Å². The summed E-state index contributed by atoms with van der Waals surface area (Å²) in [5.74, 6) is 2.22. The van der Waals surface area contributed by atoms with Crippen molar-refractivity contribution in [3.8, 4) is 11.5 Å². The Hall–Kier alpha value is -1.22. The average molecular weight is 248 g/mol. The zero-order chi connectivity index (χ0) is 12.5. The molecule has 1 aromatic rings. The molecule has 2 unspecified atom stereocenters. The van der Waals surface area contributed by atoms with Crippen molar-refractivity contribution < 1.29 is 14.6 Å². The van der Waals surface area contributed by atoms with E-state index < -0.39 is 6.10 Å². The van der Waals surface area contributed by atoms with Crippen molar-refractivity contribution in [1.29, 1.82) is 0 Å². The molecule has 3 heteroatoms. The topological polar surface area (TPSA) is 38.7 Å². The zero-order valence-corrected chi connectivity index (χ0v) is 10.8. The van der Waals surface area contributed by atoms with Gasteiger partial charge in [-0.25, -0.2) is 0 Å². The highest BCUT2D eigenvalue weighted by atomic mass is 16.5. The molecule has 0 bridgehead atoms. The lowest BCUT2D eigenvalue weighted by Gasteiger charge is -2.33. The van der Waals surface area contributed by atoms with Gasteiger partial charge < -0.3 is 14.6 Å². The van der Waals surface area contributed by atoms with E-state index in [0.29, 0.717) is 12.3 Å². The molecule has 1 heterocycles. The van der Waals surface area contributed by atoms with E-state index in [0.717, 1.165) is 17.1 Å². The fraction of sp³-hybridized carbons (Fsp3) is 0.600. The van der Waals surface area contributed by atoms with Crippen molar-refractivity contribution in [2.24, 2.45) is 5.92 Å². The van der Waals surface area contributed by atoms with Gasteiger partial charge in [-0.15, -0.1) is 0 Å². The van der Waals surface area contributed by atoms with Crippen LogP contribution in [0.5, 0.6) is 11.5 Å². The van der Waals surface area contributed by atoms with Crippen LogP contribution in [-0.2, 0) is 0 Å². The van der Waals surface area contributed by atoms with Gasteiger partial charge in [0.15, 0.2) is 0 Å². The number of hydrogen-bond donors (Lipinski definition) is 1. The van der Waals surface area contributed by atoms with Crippen LogP contribution in [0, 0.1) is 5.92 Å². The second-order valence-corrected chi connectivity index (χ2v) is 5.36. The first kappa shape index (κ1) is 11.8. The van der Waals surface area contributed by atoms with Gasteiger partial charge in [0.2, 0.25) is 0 Å². The van der Waals surface area contributed by atoms with Gasteiger partial charge in [-0.3, -0.25) is 0 Å². The normalized spacial score (nSPS) is 27.7. The van der Waals surface area contributed by atoms with Gasteiger partial charge >= 0.3 is 0 Å². The lowest BCUT2D eigenvalue weighted by Crippen LogP contribution is -2.31. The maximum absolute atomic E-state index is 10.3. The van der Waals surface area contributed by atoms with Crippen LogP contribution in [0.25, 0.3) is 0 Å². The Morgan fingerprint density at radius 1 is 1.28 bits per heavy atom. The minimum atomic E-state index is -0.422. The number of hydrogen-bond acceptors (Lipinski definition) is 3. The van der Waals surface area contributed by atoms with E-state index in [1.54, 1.807) is 7.11 Å². The number of benzene rings is 1. The largest absolute Gasteiger partial charge is 0.497 e. The molecule has 1 aliphatic heterocycles. The third-order valence-electron chi connectivity index (χ3n) is 4.24. The van der Waals surface area contributed by atoms with E-state index in [9.17, 15) is 5.11 Å². The summed E-state index contributed by atoms with van der Waals surface area (Å²) >= 11 is 0. The maximum Gasteiger partial charge on any atom is 0.125 e. The molecule has 1 N–H and O–H groups in total. The van der Waals surface area contributed by atoms with E-state index in [-0.39, 0.29) is 6.10 Å². The van der Waals surface area contributed by atoms with E-state index in [4.69, 9.17) is 9.47 Å². The van der Waals surface area contributed by atoms with Crippen molar-refractivity contribution in [3.63, 3.8) is 0 Å². The fourth-order valence-corrected chi connectivity index (χ4v) is 3.20. The molecule has 0 radical (unpaired) electrons. The molecule has 2 atom stereocenters.